The molecular weight excluding hydrogens is 332 g/mol. The highest BCUT2D eigenvalue weighted by Crippen LogP contribution is 2.37. The zero-order valence-corrected chi connectivity index (χ0v) is 15.6. The van der Waals surface area contributed by atoms with Gasteiger partial charge in [0.1, 0.15) is 0 Å². The van der Waals surface area contributed by atoms with Crippen LogP contribution in [0.4, 0.5) is 0 Å². The quantitative estimate of drug-likeness (QED) is 0.824. The van der Waals surface area contributed by atoms with Crippen LogP contribution in [0.25, 0.3) is 0 Å². The number of nitrogens with zero attached hydrogens (tertiary/aromatic N) is 1. The Hall–Kier alpha value is -1.87. The fraction of sp³-hybridized carbons (Fsp3) is 0.429. The Balaban J connectivity index is 1.53. The molecule has 0 aliphatic heterocycles. The number of benzene rings is 1. The average Bonchev–Trinajstić information content (AvgIpc) is 2.62. The number of halogens is 1. The second kappa shape index (κ2) is 8.01. The first kappa shape index (κ1) is 17.9. The molecule has 0 saturated heterocycles. The number of nitrogens with one attached hydrogen (secondary N) is 1. The number of rotatable bonds is 4. The van der Waals surface area contributed by atoms with Crippen LogP contribution in [-0.4, -0.2) is 16.9 Å². The van der Waals surface area contributed by atoms with Crippen LogP contribution in [0.1, 0.15) is 60.1 Å². The van der Waals surface area contributed by atoms with Crippen LogP contribution < -0.4 is 5.32 Å². The summed E-state index contributed by atoms with van der Waals surface area (Å²) in [4.78, 5) is 16.7. The Bertz CT molecular complexity index is 721. The lowest BCUT2D eigenvalue weighted by Crippen LogP contribution is -2.39. The second-order valence-corrected chi connectivity index (χ2v) is 7.55. The maximum atomic E-state index is 12.4. The molecule has 1 saturated carbocycles. The van der Waals surface area contributed by atoms with E-state index in [1.807, 2.05) is 13.1 Å². The Morgan fingerprint density at radius 3 is 2.48 bits per heavy atom. The Morgan fingerprint density at radius 1 is 1.16 bits per heavy atom. The minimum Gasteiger partial charge on any atom is -0.349 e. The number of aryl methyl sites for hydroxylation is 1. The van der Waals surface area contributed by atoms with Crippen molar-refractivity contribution < 1.29 is 4.79 Å². The summed E-state index contributed by atoms with van der Waals surface area (Å²) >= 11 is 5.88. The molecule has 1 atom stereocenters. The van der Waals surface area contributed by atoms with Crippen LogP contribution >= 0.6 is 11.6 Å². The SMILES string of the molecule is Cc1cc([C@H]2CC[C@@H]([C@@H](C)NC(=O)c3ccc(Cl)cc3)CC2)ccn1. The predicted molar refractivity (Wildman–Crippen MR) is 102 cm³/mol. The standard InChI is InChI=1S/C21H25ClN2O/c1-14-13-19(11-12-23-14)17-5-3-16(4-6-17)15(2)24-21(25)18-7-9-20(22)10-8-18/h7-13,15-17H,3-6H2,1-2H3,(H,24,25)/t15-,16-,17+/m1/s1. The average molecular weight is 357 g/mol. The lowest BCUT2D eigenvalue weighted by atomic mass is 9.76. The van der Waals surface area contributed by atoms with E-state index < -0.39 is 0 Å². The van der Waals surface area contributed by atoms with Crippen LogP contribution in [-0.2, 0) is 0 Å². The largest absolute Gasteiger partial charge is 0.349 e. The molecule has 132 valence electrons. The molecule has 1 aromatic heterocycles. The fourth-order valence-corrected chi connectivity index (χ4v) is 3.91. The van der Waals surface area contributed by atoms with Crippen LogP contribution in [0.3, 0.4) is 0 Å². The van der Waals surface area contributed by atoms with Crippen molar-refractivity contribution in [2.75, 3.05) is 0 Å². The lowest BCUT2D eigenvalue weighted by Gasteiger charge is -2.33. The first-order chi connectivity index (χ1) is 12.0. The molecule has 0 radical (unpaired) electrons. The molecule has 0 bridgehead atoms. The first-order valence-corrected chi connectivity index (χ1v) is 9.39. The van der Waals surface area contributed by atoms with Gasteiger partial charge in [-0.2, -0.15) is 0 Å². The second-order valence-electron chi connectivity index (χ2n) is 7.11. The number of pyridine rings is 1. The van der Waals surface area contributed by atoms with Gasteiger partial charge in [-0.3, -0.25) is 9.78 Å². The monoisotopic (exact) mass is 356 g/mol. The molecule has 3 rings (SSSR count). The normalized spacial score (nSPS) is 21.6. The number of hydrogen-bond acceptors (Lipinski definition) is 2. The van der Waals surface area contributed by atoms with E-state index in [0.29, 0.717) is 22.4 Å². The van der Waals surface area contributed by atoms with E-state index in [9.17, 15) is 4.79 Å². The Morgan fingerprint density at radius 2 is 1.84 bits per heavy atom. The molecule has 0 spiro atoms. The molecule has 1 N–H and O–H groups in total. The van der Waals surface area contributed by atoms with Crippen molar-refractivity contribution in [3.05, 3.63) is 64.4 Å². The molecule has 1 heterocycles. The fourth-order valence-electron chi connectivity index (χ4n) is 3.78. The molecule has 25 heavy (non-hydrogen) atoms. The Labute approximate surface area is 154 Å². The van der Waals surface area contributed by atoms with Crippen LogP contribution in [0.15, 0.2) is 42.6 Å². The smallest absolute Gasteiger partial charge is 0.251 e. The van der Waals surface area contributed by atoms with E-state index in [1.165, 1.54) is 18.4 Å². The van der Waals surface area contributed by atoms with E-state index in [0.717, 1.165) is 18.5 Å². The predicted octanol–water partition coefficient (Wildman–Crippen LogP) is 5.14. The van der Waals surface area contributed by atoms with Crippen molar-refractivity contribution in [2.45, 2.75) is 51.5 Å². The summed E-state index contributed by atoms with van der Waals surface area (Å²) in [6.45, 7) is 4.17. The lowest BCUT2D eigenvalue weighted by molar-refractivity contribution is 0.0918. The molecule has 1 aromatic carbocycles. The molecule has 1 fully saturated rings. The molecule has 1 aliphatic rings. The van der Waals surface area contributed by atoms with Gasteiger partial charge in [-0.1, -0.05) is 11.6 Å². The highest BCUT2D eigenvalue weighted by molar-refractivity contribution is 6.30. The minimum absolute atomic E-state index is 0.0175. The van der Waals surface area contributed by atoms with Gasteiger partial charge in [0.25, 0.3) is 5.91 Å². The van der Waals surface area contributed by atoms with Crippen molar-refractivity contribution in [1.29, 1.82) is 0 Å². The summed E-state index contributed by atoms with van der Waals surface area (Å²) in [5.74, 6) is 1.14. The highest BCUT2D eigenvalue weighted by atomic mass is 35.5. The van der Waals surface area contributed by atoms with Gasteiger partial charge in [0.2, 0.25) is 0 Å². The summed E-state index contributed by atoms with van der Waals surface area (Å²) in [5.41, 5.74) is 3.16. The van der Waals surface area contributed by atoms with Gasteiger partial charge in [-0.25, -0.2) is 0 Å². The maximum Gasteiger partial charge on any atom is 0.251 e. The van der Waals surface area contributed by atoms with Gasteiger partial charge < -0.3 is 5.32 Å². The van der Waals surface area contributed by atoms with Crippen molar-refractivity contribution in [3.8, 4) is 0 Å². The third-order valence-electron chi connectivity index (χ3n) is 5.34. The Kier molecular flexibility index (Phi) is 5.74. The third-order valence-corrected chi connectivity index (χ3v) is 5.59. The van der Waals surface area contributed by atoms with Gasteiger partial charge >= 0.3 is 0 Å². The topological polar surface area (TPSA) is 42.0 Å². The molecule has 4 heteroatoms. The third kappa shape index (κ3) is 4.60. The summed E-state index contributed by atoms with van der Waals surface area (Å²) in [5, 5.41) is 3.80. The van der Waals surface area contributed by atoms with Crippen molar-refractivity contribution >= 4 is 17.5 Å². The van der Waals surface area contributed by atoms with Gasteiger partial charge in [0.05, 0.1) is 0 Å². The van der Waals surface area contributed by atoms with Crippen LogP contribution in [0.2, 0.25) is 5.02 Å². The summed E-state index contributed by atoms with van der Waals surface area (Å²) in [6, 6.07) is 11.6. The minimum atomic E-state index is -0.0175. The van der Waals surface area contributed by atoms with E-state index in [1.54, 1.807) is 24.3 Å². The van der Waals surface area contributed by atoms with E-state index >= 15 is 0 Å². The summed E-state index contributed by atoms with van der Waals surface area (Å²) in [7, 11) is 0. The first-order valence-electron chi connectivity index (χ1n) is 9.02. The molecule has 1 aliphatic carbocycles. The van der Waals surface area contributed by atoms with E-state index in [4.69, 9.17) is 11.6 Å². The number of hydrogen-bond donors (Lipinski definition) is 1. The molecular formula is C21H25ClN2O. The maximum absolute atomic E-state index is 12.4. The summed E-state index contributed by atoms with van der Waals surface area (Å²) < 4.78 is 0. The van der Waals surface area contributed by atoms with Gasteiger partial charge in [-0.15, -0.1) is 0 Å². The van der Waals surface area contributed by atoms with E-state index in [-0.39, 0.29) is 11.9 Å². The molecule has 3 nitrogen and oxygen atoms in total. The highest BCUT2D eigenvalue weighted by Gasteiger charge is 2.27. The summed E-state index contributed by atoms with van der Waals surface area (Å²) in [6.07, 6.45) is 6.55. The van der Waals surface area contributed by atoms with Gasteiger partial charge in [0.15, 0.2) is 0 Å². The van der Waals surface area contributed by atoms with Crippen molar-refractivity contribution in [2.24, 2.45) is 5.92 Å². The number of carbonyl (C=O) groups excluding carboxylic acids is 1. The number of carbonyl (C=O) groups is 1. The zero-order chi connectivity index (χ0) is 17.8. The van der Waals surface area contributed by atoms with Gasteiger partial charge in [-0.05, 0) is 93.3 Å². The van der Waals surface area contributed by atoms with Crippen molar-refractivity contribution in [3.63, 3.8) is 0 Å². The van der Waals surface area contributed by atoms with E-state index in [2.05, 4.69) is 29.4 Å². The van der Waals surface area contributed by atoms with Crippen LogP contribution in [0.5, 0.6) is 0 Å². The zero-order valence-electron chi connectivity index (χ0n) is 14.8. The van der Waals surface area contributed by atoms with Crippen LogP contribution in [0, 0.1) is 12.8 Å². The van der Waals surface area contributed by atoms with Gasteiger partial charge in [0, 0.05) is 28.5 Å². The number of amides is 1. The number of aromatic nitrogens is 1. The molecule has 0 unspecified atom stereocenters. The van der Waals surface area contributed by atoms with Crippen molar-refractivity contribution in [1.82, 2.24) is 10.3 Å². The molecule has 2 aromatic rings. The molecule has 1 amide bonds.